The Morgan fingerprint density at radius 2 is 2.00 bits per heavy atom. The van der Waals surface area contributed by atoms with E-state index in [2.05, 4.69) is 17.2 Å². The second kappa shape index (κ2) is 7.70. The summed E-state index contributed by atoms with van der Waals surface area (Å²) in [5.74, 6) is 2.01. The minimum atomic E-state index is -0.0161. The maximum absolute atomic E-state index is 12.1. The molecule has 2 rings (SSSR count). The predicted octanol–water partition coefficient (Wildman–Crippen LogP) is 3.23. The van der Waals surface area contributed by atoms with Gasteiger partial charge in [-0.25, -0.2) is 0 Å². The highest BCUT2D eigenvalue weighted by atomic mass is 32.2. The number of carbonyl (C=O) groups excluding carboxylic acids is 1. The van der Waals surface area contributed by atoms with Gasteiger partial charge in [-0.05, 0) is 41.1 Å². The molecule has 20 heavy (non-hydrogen) atoms. The summed E-state index contributed by atoms with van der Waals surface area (Å²) >= 11 is 1.82. The Bertz CT molecular complexity index is 557. The molecular formula is C16H18N2OS. The van der Waals surface area contributed by atoms with Gasteiger partial charge < -0.3 is 5.32 Å². The number of aromatic nitrogens is 1. The van der Waals surface area contributed by atoms with Gasteiger partial charge in [0.2, 0.25) is 0 Å². The minimum absolute atomic E-state index is 0.0161. The lowest BCUT2D eigenvalue weighted by molar-refractivity contribution is 0.0956. The third-order valence-electron chi connectivity index (χ3n) is 2.87. The van der Waals surface area contributed by atoms with Gasteiger partial charge >= 0.3 is 0 Å². The van der Waals surface area contributed by atoms with Crippen molar-refractivity contribution in [3.05, 3.63) is 54.4 Å². The Hall–Kier alpha value is -1.81. The average Bonchev–Trinajstić information content (AvgIpc) is 2.52. The molecule has 1 amide bonds. The van der Waals surface area contributed by atoms with Crippen LogP contribution in [0, 0.1) is 0 Å². The molecule has 2 aromatic rings. The Labute approximate surface area is 123 Å². The molecule has 0 spiro atoms. The topological polar surface area (TPSA) is 42.0 Å². The zero-order chi connectivity index (χ0) is 14.2. The van der Waals surface area contributed by atoms with Gasteiger partial charge in [0, 0.05) is 30.3 Å². The van der Waals surface area contributed by atoms with Gasteiger partial charge in [0.15, 0.2) is 0 Å². The molecule has 1 heterocycles. The lowest BCUT2D eigenvalue weighted by atomic mass is 10.0. The second-order valence-electron chi connectivity index (χ2n) is 4.27. The highest BCUT2D eigenvalue weighted by molar-refractivity contribution is 7.99. The fraction of sp³-hybridized carbons (Fsp3) is 0.250. The summed E-state index contributed by atoms with van der Waals surface area (Å²) in [6, 6.07) is 11.5. The summed E-state index contributed by atoms with van der Waals surface area (Å²) in [7, 11) is 0. The monoisotopic (exact) mass is 286 g/mol. The number of nitrogens with zero attached hydrogens (tertiary/aromatic N) is 1. The molecule has 0 saturated carbocycles. The number of amides is 1. The van der Waals surface area contributed by atoms with E-state index in [0.717, 1.165) is 22.6 Å². The van der Waals surface area contributed by atoms with Crippen molar-refractivity contribution < 1.29 is 4.79 Å². The summed E-state index contributed by atoms with van der Waals surface area (Å²) in [4.78, 5) is 16.1. The van der Waals surface area contributed by atoms with Gasteiger partial charge in [0.1, 0.15) is 0 Å². The number of carbonyl (C=O) groups is 1. The van der Waals surface area contributed by atoms with Crippen molar-refractivity contribution in [1.29, 1.82) is 0 Å². The van der Waals surface area contributed by atoms with Crippen LogP contribution in [0.3, 0.4) is 0 Å². The van der Waals surface area contributed by atoms with Crippen molar-refractivity contribution in [2.45, 2.75) is 6.92 Å². The van der Waals surface area contributed by atoms with Gasteiger partial charge in [-0.15, -0.1) is 0 Å². The molecule has 0 unspecified atom stereocenters. The SMILES string of the molecule is CCSCCNC(=O)c1cccc(-c2ccncc2)c1. The number of pyridine rings is 1. The van der Waals surface area contributed by atoms with E-state index >= 15 is 0 Å². The minimum Gasteiger partial charge on any atom is -0.351 e. The normalized spacial score (nSPS) is 10.2. The molecule has 0 bridgehead atoms. The fourth-order valence-corrected chi connectivity index (χ4v) is 2.40. The molecule has 0 fully saturated rings. The van der Waals surface area contributed by atoms with Crippen LogP contribution < -0.4 is 5.32 Å². The Morgan fingerprint density at radius 3 is 2.75 bits per heavy atom. The molecule has 0 saturated heterocycles. The molecule has 0 aliphatic carbocycles. The summed E-state index contributed by atoms with van der Waals surface area (Å²) in [5, 5.41) is 2.94. The summed E-state index contributed by atoms with van der Waals surface area (Å²) in [5.41, 5.74) is 2.79. The van der Waals surface area contributed by atoms with E-state index in [4.69, 9.17) is 0 Å². The number of rotatable bonds is 6. The van der Waals surface area contributed by atoms with E-state index in [1.165, 1.54) is 0 Å². The van der Waals surface area contributed by atoms with Crippen LogP contribution in [0.15, 0.2) is 48.8 Å². The average molecular weight is 286 g/mol. The summed E-state index contributed by atoms with van der Waals surface area (Å²) in [6.07, 6.45) is 3.51. The first-order valence-corrected chi connectivity index (χ1v) is 7.83. The van der Waals surface area contributed by atoms with Crippen molar-refractivity contribution in [1.82, 2.24) is 10.3 Å². The van der Waals surface area contributed by atoms with E-state index in [0.29, 0.717) is 12.1 Å². The van der Waals surface area contributed by atoms with Gasteiger partial charge in [-0.3, -0.25) is 9.78 Å². The van der Waals surface area contributed by atoms with Crippen molar-refractivity contribution in [2.75, 3.05) is 18.1 Å². The molecule has 0 aliphatic rings. The molecule has 0 radical (unpaired) electrons. The number of benzene rings is 1. The molecule has 0 atom stereocenters. The van der Waals surface area contributed by atoms with Crippen molar-refractivity contribution in [2.24, 2.45) is 0 Å². The zero-order valence-electron chi connectivity index (χ0n) is 11.5. The Kier molecular flexibility index (Phi) is 5.62. The largest absolute Gasteiger partial charge is 0.351 e. The first-order chi connectivity index (χ1) is 9.81. The van der Waals surface area contributed by atoms with E-state index in [-0.39, 0.29) is 5.91 Å². The van der Waals surface area contributed by atoms with Crippen molar-refractivity contribution >= 4 is 17.7 Å². The molecule has 104 valence electrons. The highest BCUT2D eigenvalue weighted by Crippen LogP contribution is 2.19. The van der Waals surface area contributed by atoms with Gasteiger partial charge in [-0.1, -0.05) is 19.1 Å². The van der Waals surface area contributed by atoms with Crippen LogP contribution in [0.1, 0.15) is 17.3 Å². The third-order valence-corrected chi connectivity index (χ3v) is 3.78. The third kappa shape index (κ3) is 4.10. The van der Waals surface area contributed by atoms with E-state index in [1.807, 2.05) is 48.2 Å². The first kappa shape index (κ1) is 14.6. The second-order valence-corrected chi connectivity index (χ2v) is 5.66. The smallest absolute Gasteiger partial charge is 0.251 e. The highest BCUT2D eigenvalue weighted by Gasteiger charge is 2.06. The summed E-state index contributed by atoms with van der Waals surface area (Å²) < 4.78 is 0. The molecule has 3 nitrogen and oxygen atoms in total. The fourth-order valence-electron chi connectivity index (χ4n) is 1.87. The maximum atomic E-state index is 12.1. The number of thioether (sulfide) groups is 1. The standard InChI is InChI=1S/C16H18N2OS/c1-2-20-11-10-18-16(19)15-5-3-4-14(12-15)13-6-8-17-9-7-13/h3-9,12H,2,10-11H2,1H3,(H,18,19). The molecular weight excluding hydrogens is 268 g/mol. The quantitative estimate of drug-likeness (QED) is 0.829. The van der Waals surface area contributed by atoms with Crippen molar-refractivity contribution in [3.63, 3.8) is 0 Å². The van der Waals surface area contributed by atoms with E-state index in [1.54, 1.807) is 12.4 Å². The maximum Gasteiger partial charge on any atom is 0.251 e. The molecule has 0 aliphatic heterocycles. The lowest BCUT2D eigenvalue weighted by Gasteiger charge is -2.07. The van der Waals surface area contributed by atoms with Crippen LogP contribution in [0.4, 0.5) is 0 Å². The Balaban J connectivity index is 2.04. The first-order valence-electron chi connectivity index (χ1n) is 6.67. The van der Waals surface area contributed by atoms with Gasteiger partial charge in [0.05, 0.1) is 0 Å². The van der Waals surface area contributed by atoms with E-state index < -0.39 is 0 Å². The molecule has 1 N–H and O–H groups in total. The summed E-state index contributed by atoms with van der Waals surface area (Å²) in [6.45, 7) is 2.82. The Morgan fingerprint density at radius 1 is 1.20 bits per heavy atom. The number of hydrogen-bond donors (Lipinski definition) is 1. The van der Waals surface area contributed by atoms with Gasteiger partial charge in [-0.2, -0.15) is 11.8 Å². The van der Waals surface area contributed by atoms with Crippen LogP contribution in [0.2, 0.25) is 0 Å². The number of nitrogens with one attached hydrogen (secondary N) is 1. The molecule has 1 aromatic heterocycles. The van der Waals surface area contributed by atoms with Crippen LogP contribution in [-0.4, -0.2) is 28.9 Å². The molecule has 1 aromatic carbocycles. The van der Waals surface area contributed by atoms with Crippen LogP contribution in [0.5, 0.6) is 0 Å². The van der Waals surface area contributed by atoms with Crippen molar-refractivity contribution in [3.8, 4) is 11.1 Å². The van der Waals surface area contributed by atoms with Crippen LogP contribution in [0.25, 0.3) is 11.1 Å². The van der Waals surface area contributed by atoms with Gasteiger partial charge in [0.25, 0.3) is 5.91 Å². The lowest BCUT2D eigenvalue weighted by Crippen LogP contribution is -2.25. The number of hydrogen-bond acceptors (Lipinski definition) is 3. The zero-order valence-corrected chi connectivity index (χ0v) is 12.3. The van der Waals surface area contributed by atoms with Crippen LogP contribution >= 0.6 is 11.8 Å². The predicted molar refractivity (Wildman–Crippen MR) is 85.0 cm³/mol. The van der Waals surface area contributed by atoms with Crippen LogP contribution in [-0.2, 0) is 0 Å². The van der Waals surface area contributed by atoms with E-state index in [9.17, 15) is 4.79 Å². The molecule has 4 heteroatoms.